The van der Waals surface area contributed by atoms with E-state index in [0.29, 0.717) is 12.5 Å². The smallest absolute Gasteiger partial charge is 0.226 e. The number of benzene rings is 1. The fraction of sp³-hybridized carbons (Fsp3) is 0.435. The fourth-order valence-corrected chi connectivity index (χ4v) is 4.73. The molecule has 0 saturated carbocycles. The molecule has 1 saturated heterocycles. The number of aromatic amines is 1. The van der Waals surface area contributed by atoms with Crippen molar-refractivity contribution in [3.05, 3.63) is 53.6 Å². The molecule has 2 aromatic heterocycles. The molecule has 0 atom stereocenters. The van der Waals surface area contributed by atoms with Crippen molar-refractivity contribution in [2.75, 3.05) is 26.7 Å². The highest BCUT2D eigenvalue weighted by atomic mass is 16.5. The number of nitrogens with zero attached hydrogens (tertiary/aromatic N) is 2. The average molecular weight is 393 g/mol. The number of furan rings is 1. The number of piperidine rings is 1. The van der Waals surface area contributed by atoms with Gasteiger partial charge in [0.05, 0.1) is 19.9 Å². The first-order valence-corrected chi connectivity index (χ1v) is 10.4. The van der Waals surface area contributed by atoms with E-state index in [1.807, 2.05) is 18.2 Å². The third-order valence-electron chi connectivity index (χ3n) is 6.39. The molecule has 0 aliphatic carbocycles. The topological polar surface area (TPSA) is 61.7 Å². The number of nitrogens with one attached hydrogen (secondary N) is 1. The van der Waals surface area contributed by atoms with Gasteiger partial charge in [0, 0.05) is 47.6 Å². The SMILES string of the molecule is COc1ccc2[nH]c3c(c2c1)CN(C(=O)C1CCN(Cc2ccco2)CC1)CC3. The van der Waals surface area contributed by atoms with Gasteiger partial charge in [0.1, 0.15) is 11.5 Å². The van der Waals surface area contributed by atoms with Crippen LogP contribution in [0.3, 0.4) is 0 Å². The monoisotopic (exact) mass is 393 g/mol. The first kappa shape index (κ1) is 18.3. The lowest BCUT2D eigenvalue weighted by Gasteiger charge is -2.35. The lowest BCUT2D eigenvalue weighted by molar-refractivity contribution is -0.138. The maximum Gasteiger partial charge on any atom is 0.226 e. The van der Waals surface area contributed by atoms with Crippen molar-refractivity contribution in [2.24, 2.45) is 5.92 Å². The molecule has 29 heavy (non-hydrogen) atoms. The third kappa shape index (κ3) is 3.53. The Labute approximate surface area is 170 Å². The molecule has 152 valence electrons. The van der Waals surface area contributed by atoms with Crippen LogP contribution < -0.4 is 4.74 Å². The molecule has 0 radical (unpaired) electrons. The number of hydrogen-bond donors (Lipinski definition) is 1. The van der Waals surface area contributed by atoms with Crippen LogP contribution in [0, 0.1) is 5.92 Å². The number of carbonyl (C=O) groups excluding carboxylic acids is 1. The van der Waals surface area contributed by atoms with E-state index in [1.165, 1.54) is 16.6 Å². The van der Waals surface area contributed by atoms with Crippen molar-refractivity contribution >= 4 is 16.8 Å². The van der Waals surface area contributed by atoms with Gasteiger partial charge in [0.15, 0.2) is 0 Å². The molecule has 4 heterocycles. The van der Waals surface area contributed by atoms with Crippen LogP contribution in [-0.2, 0) is 24.3 Å². The third-order valence-corrected chi connectivity index (χ3v) is 6.39. The van der Waals surface area contributed by atoms with Crippen molar-refractivity contribution in [3.8, 4) is 5.75 Å². The number of H-pyrrole nitrogens is 1. The summed E-state index contributed by atoms with van der Waals surface area (Å²) in [5.41, 5.74) is 3.62. The van der Waals surface area contributed by atoms with E-state index in [1.54, 1.807) is 13.4 Å². The quantitative estimate of drug-likeness (QED) is 0.736. The summed E-state index contributed by atoms with van der Waals surface area (Å²) < 4.78 is 10.8. The number of methoxy groups -OCH3 is 1. The van der Waals surface area contributed by atoms with E-state index in [0.717, 1.165) is 62.5 Å². The number of likely N-dealkylation sites (tertiary alicyclic amines) is 1. The zero-order valence-corrected chi connectivity index (χ0v) is 16.8. The molecule has 6 nitrogen and oxygen atoms in total. The second-order valence-corrected chi connectivity index (χ2v) is 8.13. The van der Waals surface area contributed by atoms with Gasteiger partial charge in [-0.2, -0.15) is 0 Å². The first-order valence-electron chi connectivity index (χ1n) is 10.4. The van der Waals surface area contributed by atoms with Gasteiger partial charge in [-0.3, -0.25) is 9.69 Å². The Morgan fingerprint density at radius 1 is 1.24 bits per heavy atom. The normalized spacial score (nSPS) is 18.2. The number of fused-ring (bicyclic) bond motifs is 3. The van der Waals surface area contributed by atoms with Crippen LogP contribution in [0.15, 0.2) is 41.0 Å². The van der Waals surface area contributed by atoms with E-state index in [2.05, 4.69) is 26.9 Å². The van der Waals surface area contributed by atoms with E-state index in [4.69, 9.17) is 9.15 Å². The minimum Gasteiger partial charge on any atom is -0.497 e. The van der Waals surface area contributed by atoms with Crippen molar-refractivity contribution < 1.29 is 13.9 Å². The lowest BCUT2D eigenvalue weighted by atomic mass is 9.93. The van der Waals surface area contributed by atoms with Crippen LogP contribution in [0.2, 0.25) is 0 Å². The minimum absolute atomic E-state index is 0.129. The molecule has 2 aliphatic heterocycles. The summed E-state index contributed by atoms with van der Waals surface area (Å²) in [6, 6.07) is 10.1. The molecular weight excluding hydrogens is 366 g/mol. The van der Waals surface area contributed by atoms with E-state index in [-0.39, 0.29) is 5.92 Å². The number of carbonyl (C=O) groups is 1. The molecule has 3 aromatic rings. The predicted molar refractivity (Wildman–Crippen MR) is 111 cm³/mol. The summed E-state index contributed by atoms with van der Waals surface area (Å²) in [4.78, 5) is 21.2. The minimum atomic E-state index is 0.129. The van der Waals surface area contributed by atoms with Crippen molar-refractivity contribution in [2.45, 2.75) is 32.4 Å². The molecule has 1 amide bonds. The van der Waals surface area contributed by atoms with Crippen molar-refractivity contribution in [1.29, 1.82) is 0 Å². The summed E-state index contributed by atoms with van der Waals surface area (Å²) in [7, 11) is 1.69. The zero-order valence-electron chi connectivity index (χ0n) is 16.8. The van der Waals surface area contributed by atoms with Gasteiger partial charge in [0.25, 0.3) is 0 Å². The first-order chi connectivity index (χ1) is 14.2. The number of ether oxygens (including phenoxy) is 1. The van der Waals surface area contributed by atoms with Gasteiger partial charge in [-0.25, -0.2) is 0 Å². The second kappa shape index (κ2) is 7.59. The van der Waals surface area contributed by atoms with Gasteiger partial charge >= 0.3 is 0 Å². The Balaban J connectivity index is 1.25. The molecule has 6 heteroatoms. The zero-order chi connectivity index (χ0) is 19.8. The Morgan fingerprint density at radius 2 is 2.10 bits per heavy atom. The molecule has 0 bridgehead atoms. The van der Waals surface area contributed by atoms with Crippen LogP contribution in [0.1, 0.15) is 29.9 Å². The summed E-state index contributed by atoms with van der Waals surface area (Å²) in [6.45, 7) is 4.20. The fourth-order valence-electron chi connectivity index (χ4n) is 4.73. The number of aromatic nitrogens is 1. The van der Waals surface area contributed by atoms with Gasteiger partial charge in [-0.1, -0.05) is 0 Å². The largest absolute Gasteiger partial charge is 0.497 e. The van der Waals surface area contributed by atoms with E-state index in [9.17, 15) is 4.79 Å². The Hall–Kier alpha value is -2.73. The van der Waals surface area contributed by atoms with Crippen molar-refractivity contribution in [1.82, 2.24) is 14.8 Å². The highest BCUT2D eigenvalue weighted by molar-refractivity contribution is 5.87. The summed E-state index contributed by atoms with van der Waals surface area (Å²) in [5.74, 6) is 2.29. The standard InChI is InChI=1S/C23H27N3O3/c1-28-17-4-5-21-19(13-17)20-15-26(11-8-22(20)24-21)23(27)16-6-9-25(10-7-16)14-18-3-2-12-29-18/h2-5,12-13,16,24H,6-11,14-15H2,1H3. The van der Waals surface area contributed by atoms with Crippen molar-refractivity contribution in [3.63, 3.8) is 0 Å². The highest BCUT2D eigenvalue weighted by Gasteiger charge is 2.31. The number of hydrogen-bond acceptors (Lipinski definition) is 4. The van der Waals surface area contributed by atoms with Gasteiger partial charge in [-0.05, 0) is 56.3 Å². The van der Waals surface area contributed by atoms with Gasteiger partial charge < -0.3 is 19.0 Å². The van der Waals surface area contributed by atoms with E-state index >= 15 is 0 Å². The van der Waals surface area contributed by atoms with Crippen LogP contribution >= 0.6 is 0 Å². The summed E-state index contributed by atoms with van der Waals surface area (Å²) in [6.07, 6.45) is 4.45. The average Bonchev–Trinajstić information content (AvgIpc) is 3.40. The highest BCUT2D eigenvalue weighted by Crippen LogP contribution is 2.32. The van der Waals surface area contributed by atoms with Gasteiger partial charge in [-0.15, -0.1) is 0 Å². The molecule has 1 fully saturated rings. The molecule has 2 aliphatic rings. The number of amides is 1. The Morgan fingerprint density at radius 3 is 2.86 bits per heavy atom. The van der Waals surface area contributed by atoms with Crippen LogP contribution in [0.25, 0.3) is 10.9 Å². The summed E-state index contributed by atoms with van der Waals surface area (Å²) in [5, 5.41) is 1.17. The Bertz CT molecular complexity index is 1000. The second-order valence-electron chi connectivity index (χ2n) is 8.13. The van der Waals surface area contributed by atoms with Crippen LogP contribution in [0.5, 0.6) is 5.75 Å². The molecule has 1 aromatic carbocycles. The van der Waals surface area contributed by atoms with Crippen LogP contribution in [-0.4, -0.2) is 47.4 Å². The maximum atomic E-state index is 13.2. The maximum absolute atomic E-state index is 13.2. The Kier molecular flexibility index (Phi) is 4.79. The number of rotatable bonds is 4. The lowest BCUT2D eigenvalue weighted by Crippen LogP contribution is -2.44. The summed E-state index contributed by atoms with van der Waals surface area (Å²) >= 11 is 0. The predicted octanol–water partition coefficient (Wildman–Crippen LogP) is 3.57. The van der Waals surface area contributed by atoms with E-state index < -0.39 is 0 Å². The van der Waals surface area contributed by atoms with Gasteiger partial charge in [0.2, 0.25) is 5.91 Å². The van der Waals surface area contributed by atoms with Crippen LogP contribution in [0.4, 0.5) is 0 Å². The molecular formula is C23H27N3O3. The molecule has 0 unspecified atom stereocenters. The molecule has 0 spiro atoms. The molecule has 5 rings (SSSR count). The molecule has 1 N–H and O–H groups in total.